The van der Waals surface area contributed by atoms with E-state index >= 15 is 0 Å². The van der Waals surface area contributed by atoms with Gasteiger partial charge in [0.1, 0.15) is 17.5 Å². The van der Waals surface area contributed by atoms with E-state index in [1.165, 1.54) is 0 Å². The number of piperidine rings is 1. The quantitative estimate of drug-likeness (QED) is 0.908. The summed E-state index contributed by atoms with van der Waals surface area (Å²) in [5.41, 5.74) is 1.92. The van der Waals surface area contributed by atoms with Crippen LogP contribution < -0.4 is 5.32 Å². The largest absolute Gasteiger partial charge is 0.312 e. The second kappa shape index (κ2) is 7.81. The van der Waals surface area contributed by atoms with E-state index in [1.807, 2.05) is 19.1 Å². The van der Waals surface area contributed by atoms with Crippen LogP contribution in [0.15, 0.2) is 18.2 Å². The summed E-state index contributed by atoms with van der Waals surface area (Å²) in [5, 5.41) is 12.1. The number of rotatable bonds is 3. The smallest absolute Gasteiger partial charge is 0.147 e. The standard InChI is InChI=1S/C18H24FN5.ClH/c1-13-2-3-16(19)15(10-13)12-23-7-4-14(5-8-23)18-22-21-17-11-20-6-9-24(17)18;/h2-3,10,14,20H,4-9,11-12H2,1H3;1H. The Morgan fingerprint density at radius 1 is 1.20 bits per heavy atom. The van der Waals surface area contributed by atoms with Crippen LogP contribution >= 0.6 is 12.4 Å². The highest BCUT2D eigenvalue weighted by molar-refractivity contribution is 5.85. The molecule has 0 saturated carbocycles. The van der Waals surface area contributed by atoms with Crippen LogP contribution in [0.3, 0.4) is 0 Å². The fourth-order valence-corrected chi connectivity index (χ4v) is 3.83. The Bertz CT molecular complexity index is 724. The van der Waals surface area contributed by atoms with Crippen LogP contribution in [0.2, 0.25) is 0 Å². The molecule has 1 saturated heterocycles. The third-order valence-electron chi connectivity index (χ3n) is 5.20. The van der Waals surface area contributed by atoms with E-state index < -0.39 is 0 Å². The number of benzene rings is 1. The number of halogens is 2. The lowest BCUT2D eigenvalue weighted by Gasteiger charge is -2.32. The van der Waals surface area contributed by atoms with Gasteiger partial charge in [-0.2, -0.15) is 0 Å². The number of aryl methyl sites for hydroxylation is 1. The van der Waals surface area contributed by atoms with Crippen LogP contribution in [0, 0.1) is 12.7 Å². The SMILES string of the molecule is Cc1ccc(F)c(CN2CCC(c3nnc4n3CCNC4)CC2)c1.Cl. The van der Waals surface area contributed by atoms with Crippen molar-refractivity contribution in [2.45, 2.75) is 45.3 Å². The molecular formula is C18H25ClFN5. The van der Waals surface area contributed by atoms with Gasteiger partial charge in [-0.05, 0) is 38.9 Å². The van der Waals surface area contributed by atoms with Gasteiger partial charge in [-0.25, -0.2) is 4.39 Å². The Morgan fingerprint density at radius 2 is 2.00 bits per heavy atom. The fraction of sp³-hybridized carbons (Fsp3) is 0.556. The number of nitrogens with zero attached hydrogens (tertiary/aromatic N) is 4. The number of nitrogens with one attached hydrogen (secondary N) is 1. The van der Waals surface area contributed by atoms with E-state index in [0.29, 0.717) is 12.5 Å². The maximum absolute atomic E-state index is 14.0. The van der Waals surface area contributed by atoms with Crippen LogP contribution in [0.1, 0.15) is 41.5 Å². The lowest BCUT2D eigenvalue weighted by molar-refractivity contribution is 0.197. The van der Waals surface area contributed by atoms with Crippen molar-refractivity contribution in [2.24, 2.45) is 0 Å². The first-order valence-corrected chi connectivity index (χ1v) is 8.81. The van der Waals surface area contributed by atoms with Gasteiger partial charge in [-0.1, -0.05) is 17.7 Å². The summed E-state index contributed by atoms with van der Waals surface area (Å²) >= 11 is 0. The molecule has 0 spiro atoms. The Hall–Kier alpha value is -1.50. The minimum atomic E-state index is -0.0956. The van der Waals surface area contributed by atoms with Gasteiger partial charge in [-0.3, -0.25) is 4.90 Å². The van der Waals surface area contributed by atoms with E-state index in [-0.39, 0.29) is 18.2 Å². The summed E-state index contributed by atoms with van der Waals surface area (Å²) in [6.07, 6.45) is 2.14. The number of hydrogen-bond donors (Lipinski definition) is 1. The summed E-state index contributed by atoms with van der Waals surface area (Å²) in [4.78, 5) is 2.35. The van der Waals surface area contributed by atoms with Gasteiger partial charge in [0.05, 0.1) is 6.54 Å². The molecule has 25 heavy (non-hydrogen) atoms. The van der Waals surface area contributed by atoms with Crippen molar-refractivity contribution in [3.8, 4) is 0 Å². The van der Waals surface area contributed by atoms with Crippen LogP contribution in [-0.2, 0) is 19.6 Å². The Morgan fingerprint density at radius 3 is 2.80 bits per heavy atom. The first-order valence-electron chi connectivity index (χ1n) is 8.81. The van der Waals surface area contributed by atoms with Gasteiger partial charge >= 0.3 is 0 Å². The van der Waals surface area contributed by atoms with E-state index in [1.54, 1.807) is 6.07 Å². The zero-order valence-electron chi connectivity index (χ0n) is 14.5. The molecule has 2 aliphatic heterocycles. The normalized spacial score (nSPS) is 18.6. The molecule has 7 heteroatoms. The van der Waals surface area contributed by atoms with Crippen molar-refractivity contribution >= 4 is 12.4 Å². The summed E-state index contributed by atoms with van der Waals surface area (Å²) in [6.45, 7) is 7.45. The average molecular weight is 366 g/mol. The van der Waals surface area contributed by atoms with Gasteiger partial charge in [-0.15, -0.1) is 22.6 Å². The van der Waals surface area contributed by atoms with Gasteiger partial charge in [0, 0.05) is 31.1 Å². The Kier molecular flexibility index (Phi) is 5.71. The van der Waals surface area contributed by atoms with Gasteiger partial charge in [0.15, 0.2) is 0 Å². The molecule has 1 aromatic heterocycles. The fourth-order valence-electron chi connectivity index (χ4n) is 3.83. The monoisotopic (exact) mass is 365 g/mol. The number of fused-ring (bicyclic) bond motifs is 1. The molecule has 0 unspecified atom stereocenters. The van der Waals surface area contributed by atoms with Crippen molar-refractivity contribution < 1.29 is 4.39 Å². The second-order valence-electron chi connectivity index (χ2n) is 6.95. The minimum absolute atomic E-state index is 0. The van der Waals surface area contributed by atoms with Crippen LogP contribution in [0.5, 0.6) is 0 Å². The van der Waals surface area contributed by atoms with Crippen LogP contribution in [0.4, 0.5) is 4.39 Å². The topological polar surface area (TPSA) is 46.0 Å². The lowest BCUT2D eigenvalue weighted by atomic mass is 9.95. The molecule has 0 aliphatic carbocycles. The van der Waals surface area contributed by atoms with E-state index in [9.17, 15) is 4.39 Å². The summed E-state index contributed by atoms with van der Waals surface area (Å²) < 4.78 is 16.2. The van der Waals surface area contributed by atoms with Crippen LogP contribution in [-0.4, -0.2) is 39.3 Å². The first kappa shape index (κ1) is 18.3. The highest BCUT2D eigenvalue weighted by Gasteiger charge is 2.27. The molecule has 4 rings (SSSR count). The molecule has 2 aromatic rings. The highest BCUT2D eigenvalue weighted by atomic mass is 35.5. The molecule has 1 fully saturated rings. The van der Waals surface area contributed by atoms with Crippen molar-refractivity contribution in [3.05, 3.63) is 46.8 Å². The molecule has 0 radical (unpaired) electrons. The first-order chi connectivity index (χ1) is 11.7. The predicted octanol–water partition coefficient (Wildman–Crippen LogP) is 2.63. The summed E-state index contributed by atoms with van der Waals surface area (Å²) in [7, 11) is 0. The van der Waals surface area contributed by atoms with Crippen LogP contribution in [0.25, 0.3) is 0 Å². The third kappa shape index (κ3) is 3.86. The van der Waals surface area contributed by atoms with E-state index in [2.05, 4.69) is 25.0 Å². The van der Waals surface area contributed by atoms with E-state index in [0.717, 1.165) is 68.3 Å². The summed E-state index contributed by atoms with van der Waals surface area (Å²) in [5.74, 6) is 2.58. The summed E-state index contributed by atoms with van der Waals surface area (Å²) in [6, 6.07) is 5.37. The van der Waals surface area contributed by atoms with Gasteiger partial charge in [0.2, 0.25) is 0 Å². The Balaban J connectivity index is 0.00000182. The lowest BCUT2D eigenvalue weighted by Crippen LogP contribution is -2.35. The predicted molar refractivity (Wildman–Crippen MR) is 97.4 cm³/mol. The van der Waals surface area contributed by atoms with Crippen molar-refractivity contribution in [1.29, 1.82) is 0 Å². The zero-order chi connectivity index (χ0) is 16.5. The molecule has 0 amide bonds. The maximum atomic E-state index is 14.0. The molecule has 1 N–H and O–H groups in total. The van der Waals surface area contributed by atoms with Gasteiger partial charge < -0.3 is 9.88 Å². The number of likely N-dealkylation sites (tertiary alicyclic amines) is 1. The third-order valence-corrected chi connectivity index (χ3v) is 5.20. The van der Waals surface area contributed by atoms with E-state index in [4.69, 9.17) is 0 Å². The molecular weight excluding hydrogens is 341 g/mol. The average Bonchev–Trinajstić information content (AvgIpc) is 3.03. The molecule has 2 aliphatic rings. The molecule has 3 heterocycles. The second-order valence-corrected chi connectivity index (χ2v) is 6.95. The molecule has 5 nitrogen and oxygen atoms in total. The minimum Gasteiger partial charge on any atom is -0.312 e. The van der Waals surface area contributed by atoms with Crippen molar-refractivity contribution in [2.75, 3.05) is 19.6 Å². The maximum Gasteiger partial charge on any atom is 0.147 e. The van der Waals surface area contributed by atoms with Crippen molar-refractivity contribution in [3.63, 3.8) is 0 Å². The Labute approximate surface area is 154 Å². The van der Waals surface area contributed by atoms with Gasteiger partial charge in [0.25, 0.3) is 0 Å². The molecule has 0 atom stereocenters. The number of hydrogen-bond acceptors (Lipinski definition) is 4. The molecule has 0 bridgehead atoms. The number of aromatic nitrogens is 3. The molecule has 1 aromatic carbocycles. The highest BCUT2D eigenvalue weighted by Crippen LogP contribution is 2.28. The van der Waals surface area contributed by atoms with Crippen molar-refractivity contribution in [1.82, 2.24) is 25.0 Å². The molecule has 136 valence electrons. The zero-order valence-corrected chi connectivity index (χ0v) is 15.4.